The van der Waals surface area contributed by atoms with Crippen LogP contribution in [0.3, 0.4) is 0 Å². The van der Waals surface area contributed by atoms with Gasteiger partial charge in [-0.1, -0.05) is 39.0 Å². The molecule has 0 atom stereocenters. The first kappa shape index (κ1) is 17.1. The lowest BCUT2D eigenvalue weighted by atomic mass is 9.86. The minimum atomic E-state index is -0.481. The van der Waals surface area contributed by atoms with E-state index < -0.39 is 10.8 Å². The number of carbonyl (C=O) groups excluding carboxylic acids is 1. The molecular formula is C17H17BrN2O3. The van der Waals surface area contributed by atoms with Crippen molar-refractivity contribution in [1.82, 2.24) is 0 Å². The van der Waals surface area contributed by atoms with Crippen LogP contribution >= 0.6 is 15.9 Å². The van der Waals surface area contributed by atoms with Crippen LogP contribution < -0.4 is 5.32 Å². The summed E-state index contributed by atoms with van der Waals surface area (Å²) in [4.78, 5) is 23.2. The highest BCUT2D eigenvalue weighted by molar-refractivity contribution is 9.10. The summed E-state index contributed by atoms with van der Waals surface area (Å²) in [5.74, 6) is -0.399. The van der Waals surface area contributed by atoms with Gasteiger partial charge in [-0.3, -0.25) is 14.9 Å². The third kappa shape index (κ3) is 3.96. The lowest BCUT2D eigenvalue weighted by Crippen LogP contribution is -2.15. The van der Waals surface area contributed by atoms with Crippen LogP contribution in [0.4, 0.5) is 11.4 Å². The Labute approximate surface area is 143 Å². The number of nitro benzene ring substituents is 1. The highest BCUT2D eigenvalue weighted by Gasteiger charge is 2.22. The average Bonchev–Trinajstić information content (AvgIpc) is 2.46. The van der Waals surface area contributed by atoms with Crippen LogP contribution in [-0.2, 0) is 5.41 Å². The summed E-state index contributed by atoms with van der Waals surface area (Å²) >= 11 is 3.30. The highest BCUT2D eigenvalue weighted by Crippen LogP contribution is 2.32. The molecule has 0 saturated heterocycles. The molecule has 0 unspecified atom stereocenters. The van der Waals surface area contributed by atoms with Gasteiger partial charge in [-0.2, -0.15) is 0 Å². The largest absolute Gasteiger partial charge is 0.316 e. The Kier molecular flexibility index (Phi) is 4.85. The molecule has 6 heteroatoms. The molecule has 0 aliphatic rings. The van der Waals surface area contributed by atoms with E-state index in [4.69, 9.17) is 0 Å². The van der Waals surface area contributed by atoms with Crippen LogP contribution in [0.5, 0.6) is 0 Å². The van der Waals surface area contributed by atoms with Gasteiger partial charge in [0.25, 0.3) is 11.6 Å². The van der Waals surface area contributed by atoms with Gasteiger partial charge in [0.15, 0.2) is 0 Å². The second-order valence-corrected chi connectivity index (χ2v) is 7.03. The summed E-state index contributed by atoms with van der Waals surface area (Å²) in [6.45, 7) is 5.93. The second-order valence-electron chi connectivity index (χ2n) is 6.17. The van der Waals surface area contributed by atoms with Crippen LogP contribution in [0.1, 0.15) is 36.7 Å². The minimum absolute atomic E-state index is 0.113. The van der Waals surface area contributed by atoms with Gasteiger partial charge in [0.05, 0.1) is 10.5 Å². The Morgan fingerprint density at radius 1 is 1.17 bits per heavy atom. The number of benzene rings is 2. The summed E-state index contributed by atoms with van der Waals surface area (Å²) in [6, 6.07) is 11.8. The number of nitrogens with zero attached hydrogens (tertiary/aromatic N) is 1. The van der Waals surface area contributed by atoms with E-state index in [0.29, 0.717) is 10.0 Å². The lowest BCUT2D eigenvalue weighted by Gasteiger charge is -2.19. The SMILES string of the molecule is CC(C)(C)c1ccc(NC(=O)c2ccccc2Br)c([N+](=O)[O-])c1. The second kappa shape index (κ2) is 6.50. The molecule has 0 aliphatic heterocycles. The number of nitrogens with one attached hydrogen (secondary N) is 1. The van der Waals surface area contributed by atoms with Gasteiger partial charge < -0.3 is 5.32 Å². The van der Waals surface area contributed by atoms with Crippen molar-refractivity contribution in [2.24, 2.45) is 0 Å². The molecule has 0 saturated carbocycles. The molecule has 0 bridgehead atoms. The number of anilines is 1. The molecule has 0 aromatic heterocycles. The first-order valence-corrected chi connectivity index (χ1v) is 7.84. The van der Waals surface area contributed by atoms with Gasteiger partial charge in [-0.25, -0.2) is 0 Å². The summed E-state index contributed by atoms with van der Waals surface area (Å²) in [5.41, 5.74) is 1.11. The number of nitro groups is 1. The molecule has 2 aromatic rings. The van der Waals surface area contributed by atoms with E-state index in [-0.39, 0.29) is 16.8 Å². The topological polar surface area (TPSA) is 72.2 Å². The molecule has 1 amide bonds. The quantitative estimate of drug-likeness (QED) is 0.610. The van der Waals surface area contributed by atoms with E-state index in [1.165, 1.54) is 6.07 Å². The molecule has 1 N–H and O–H groups in total. The monoisotopic (exact) mass is 376 g/mol. The number of halogens is 1. The summed E-state index contributed by atoms with van der Waals surface area (Å²) in [6.07, 6.45) is 0. The zero-order valence-corrected chi connectivity index (χ0v) is 14.7. The van der Waals surface area contributed by atoms with Crippen LogP contribution in [0.15, 0.2) is 46.9 Å². The molecule has 5 nitrogen and oxygen atoms in total. The summed E-state index contributed by atoms with van der Waals surface area (Å²) < 4.78 is 0.631. The van der Waals surface area contributed by atoms with E-state index >= 15 is 0 Å². The van der Waals surface area contributed by atoms with Gasteiger partial charge in [0, 0.05) is 10.5 Å². The molecule has 0 fully saturated rings. The van der Waals surface area contributed by atoms with Gasteiger partial charge in [-0.15, -0.1) is 0 Å². The van der Waals surface area contributed by atoms with Crippen molar-refractivity contribution in [2.75, 3.05) is 5.32 Å². The van der Waals surface area contributed by atoms with Crippen molar-refractivity contribution in [3.8, 4) is 0 Å². The van der Waals surface area contributed by atoms with E-state index in [1.54, 1.807) is 36.4 Å². The van der Waals surface area contributed by atoms with E-state index in [1.807, 2.05) is 20.8 Å². The lowest BCUT2D eigenvalue weighted by molar-refractivity contribution is -0.384. The van der Waals surface area contributed by atoms with Crippen LogP contribution in [0, 0.1) is 10.1 Å². The van der Waals surface area contributed by atoms with Gasteiger partial charge >= 0.3 is 0 Å². The minimum Gasteiger partial charge on any atom is -0.316 e. The molecule has 0 heterocycles. The Hall–Kier alpha value is -2.21. The zero-order valence-electron chi connectivity index (χ0n) is 13.1. The Bertz CT molecular complexity index is 767. The molecule has 0 aliphatic carbocycles. The molecule has 2 aromatic carbocycles. The maximum absolute atomic E-state index is 12.3. The van der Waals surface area contributed by atoms with Crippen molar-refractivity contribution in [1.29, 1.82) is 0 Å². The fraction of sp³-hybridized carbons (Fsp3) is 0.235. The highest BCUT2D eigenvalue weighted by atomic mass is 79.9. The number of rotatable bonds is 3. The maximum atomic E-state index is 12.3. The smallest absolute Gasteiger partial charge is 0.293 e. The standard InChI is InChI=1S/C17H17BrN2O3/c1-17(2,3)11-8-9-14(15(10-11)20(22)23)19-16(21)12-6-4-5-7-13(12)18/h4-10H,1-3H3,(H,19,21). The molecule has 23 heavy (non-hydrogen) atoms. The van der Waals surface area contributed by atoms with Crippen molar-refractivity contribution >= 4 is 33.2 Å². The Balaban J connectivity index is 2.38. The molecule has 2 rings (SSSR count). The zero-order chi connectivity index (χ0) is 17.2. The number of amides is 1. The first-order valence-electron chi connectivity index (χ1n) is 7.05. The van der Waals surface area contributed by atoms with Gasteiger partial charge in [0.1, 0.15) is 5.69 Å². The van der Waals surface area contributed by atoms with Crippen molar-refractivity contribution in [2.45, 2.75) is 26.2 Å². The number of hydrogen-bond acceptors (Lipinski definition) is 3. The van der Waals surface area contributed by atoms with Crippen LogP contribution in [0.25, 0.3) is 0 Å². The van der Waals surface area contributed by atoms with E-state index in [9.17, 15) is 14.9 Å². The van der Waals surface area contributed by atoms with E-state index in [2.05, 4.69) is 21.2 Å². The van der Waals surface area contributed by atoms with Gasteiger partial charge in [-0.05, 0) is 45.1 Å². The van der Waals surface area contributed by atoms with Crippen molar-refractivity contribution in [3.05, 3.63) is 68.2 Å². The molecular weight excluding hydrogens is 360 g/mol. The van der Waals surface area contributed by atoms with Gasteiger partial charge in [0.2, 0.25) is 0 Å². The Morgan fingerprint density at radius 3 is 2.39 bits per heavy atom. The average molecular weight is 377 g/mol. The van der Waals surface area contributed by atoms with Crippen LogP contribution in [-0.4, -0.2) is 10.8 Å². The predicted molar refractivity (Wildman–Crippen MR) is 93.9 cm³/mol. The number of carbonyl (C=O) groups is 1. The summed E-state index contributed by atoms with van der Waals surface area (Å²) in [5, 5.41) is 13.9. The van der Waals surface area contributed by atoms with Crippen molar-refractivity contribution in [3.63, 3.8) is 0 Å². The third-order valence-corrected chi connectivity index (χ3v) is 4.12. The third-order valence-electron chi connectivity index (χ3n) is 3.43. The maximum Gasteiger partial charge on any atom is 0.293 e. The molecule has 0 spiro atoms. The fourth-order valence-electron chi connectivity index (χ4n) is 2.09. The van der Waals surface area contributed by atoms with E-state index in [0.717, 1.165) is 5.56 Å². The number of hydrogen-bond donors (Lipinski definition) is 1. The van der Waals surface area contributed by atoms with Crippen LogP contribution in [0.2, 0.25) is 0 Å². The predicted octanol–water partition coefficient (Wildman–Crippen LogP) is 4.91. The summed E-state index contributed by atoms with van der Waals surface area (Å²) in [7, 11) is 0. The molecule has 120 valence electrons. The molecule has 0 radical (unpaired) electrons. The van der Waals surface area contributed by atoms with Crippen molar-refractivity contribution < 1.29 is 9.72 Å². The first-order chi connectivity index (χ1) is 10.7. The fourth-order valence-corrected chi connectivity index (χ4v) is 2.55. The Morgan fingerprint density at radius 2 is 1.83 bits per heavy atom. The normalized spacial score (nSPS) is 11.1.